The maximum atomic E-state index is 12.6. The van der Waals surface area contributed by atoms with Gasteiger partial charge in [-0.25, -0.2) is 4.98 Å². The second kappa shape index (κ2) is 9.39. The summed E-state index contributed by atoms with van der Waals surface area (Å²) in [7, 11) is 1.63. The first-order valence-electron chi connectivity index (χ1n) is 10.3. The van der Waals surface area contributed by atoms with E-state index in [9.17, 15) is 4.79 Å². The van der Waals surface area contributed by atoms with Gasteiger partial charge < -0.3 is 15.0 Å². The van der Waals surface area contributed by atoms with Crippen molar-refractivity contribution in [2.45, 2.75) is 25.8 Å². The second-order valence-electron chi connectivity index (χ2n) is 7.35. The van der Waals surface area contributed by atoms with Gasteiger partial charge in [-0.1, -0.05) is 30.3 Å². The number of anilines is 1. The molecule has 2 aromatic carbocycles. The zero-order valence-electron chi connectivity index (χ0n) is 17.2. The molecule has 0 atom stereocenters. The second-order valence-corrected chi connectivity index (χ2v) is 7.35. The van der Waals surface area contributed by atoms with Crippen LogP contribution in [0.5, 0.6) is 5.75 Å². The number of hydrogen-bond donors (Lipinski definition) is 1. The first-order valence-corrected chi connectivity index (χ1v) is 10.3. The number of benzene rings is 2. The van der Waals surface area contributed by atoms with Crippen LogP contribution in [0.15, 0.2) is 60.9 Å². The van der Waals surface area contributed by atoms with E-state index in [-0.39, 0.29) is 5.91 Å². The van der Waals surface area contributed by atoms with Crippen molar-refractivity contribution in [1.29, 1.82) is 0 Å². The molecule has 6 heteroatoms. The number of carbonyl (C=O) groups is 1. The average Bonchev–Trinajstić information content (AvgIpc) is 2.83. The first kappa shape index (κ1) is 19.9. The predicted molar refractivity (Wildman–Crippen MR) is 118 cm³/mol. The molecule has 0 saturated carbocycles. The van der Waals surface area contributed by atoms with Crippen molar-refractivity contribution in [1.82, 2.24) is 15.3 Å². The Labute approximate surface area is 176 Å². The number of hydrogen-bond acceptors (Lipinski definition) is 5. The molecular weight excluding hydrogens is 376 g/mol. The number of amides is 1. The molecule has 0 unspecified atom stereocenters. The molecular formula is C24H26N4O2. The van der Waals surface area contributed by atoms with Crippen LogP contribution < -0.4 is 15.0 Å². The topological polar surface area (TPSA) is 67.3 Å². The summed E-state index contributed by atoms with van der Waals surface area (Å²) in [5.74, 6) is 1.56. The summed E-state index contributed by atoms with van der Waals surface area (Å²) >= 11 is 0. The Morgan fingerprint density at radius 3 is 2.50 bits per heavy atom. The van der Waals surface area contributed by atoms with Crippen LogP contribution in [0.4, 0.5) is 5.82 Å². The van der Waals surface area contributed by atoms with E-state index >= 15 is 0 Å². The summed E-state index contributed by atoms with van der Waals surface area (Å²) in [6.07, 6.45) is 7.09. The highest BCUT2D eigenvalue weighted by molar-refractivity contribution is 5.94. The van der Waals surface area contributed by atoms with Crippen LogP contribution in [-0.2, 0) is 6.54 Å². The summed E-state index contributed by atoms with van der Waals surface area (Å²) in [5.41, 5.74) is 3.37. The Bertz CT molecular complexity index is 998. The molecule has 1 aliphatic rings. The van der Waals surface area contributed by atoms with Crippen molar-refractivity contribution in [2.75, 3.05) is 25.1 Å². The van der Waals surface area contributed by atoms with Crippen LogP contribution in [0.25, 0.3) is 11.3 Å². The lowest BCUT2D eigenvalue weighted by Crippen LogP contribution is -2.30. The number of para-hydroxylation sites is 1. The Hall–Kier alpha value is -3.41. The van der Waals surface area contributed by atoms with E-state index < -0.39 is 0 Å². The number of ether oxygens (including phenoxy) is 1. The standard InChI is InChI=1S/C24H26N4O2/c1-30-21-8-4-3-7-20(21)17-27-24(29)19-11-9-18(10-12-19)22-23(26-14-13-25-22)28-15-5-2-6-16-28/h3-4,7-14H,2,5-6,15-17H2,1H3,(H,27,29). The van der Waals surface area contributed by atoms with E-state index in [2.05, 4.69) is 20.2 Å². The first-order chi connectivity index (χ1) is 14.8. The van der Waals surface area contributed by atoms with Crippen molar-refractivity contribution in [3.63, 3.8) is 0 Å². The fourth-order valence-electron chi connectivity index (χ4n) is 3.78. The van der Waals surface area contributed by atoms with Gasteiger partial charge in [-0.05, 0) is 37.5 Å². The number of carbonyl (C=O) groups excluding carboxylic acids is 1. The molecule has 2 heterocycles. The van der Waals surface area contributed by atoms with Crippen molar-refractivity contribution in [2.24, 2.45) is 0 Å². The molecule has 1 saturated heterocycles. The van der Waals surface area contributed by atoms with Crippen LogP contribution in [0, 0.1) is 0 Å². The van der Waals surface area contributed by atoms with Gasteiger partial charge >= 0.3 is 0 Å². The SMILES string of the molecule is COc1ccccc1CNC(=O)c1ccc(-c2nccnc2N2CCCCC2)cc1. The van der Waals surface area contributed by atoms with Crippen LogP contribution >= 0.6 is 0 Å². The summed E-state index contributed by atoms with van der Waals surface area (Å²) in [6, 6.07) is 15.2. The van der Waals surface area contributed by atoms with Gasteiger partial charge in [-0.3, -0.25) is 9.78 Å². The van der Waals surface area contributed by atoms with Gasteiger partial charge in [-0.15, -0.1) is 0 Å². The predicted octanol–water partition coefficient (Wildman–Crippen LogP) is 4.07. The minimum atomic E-state index is -0.122. The molecule has 4 rings (SSSR count). The lowest BCUT2D eigenvalue weighted by Gasteiger charge is -2.28. The van der Waals surface area contributed by atoms with Gasteiger partial charge in [0.05, 0.1) is 7.11 Å². The molecule has 30 heavy (non-hydrogen) atoms. The molecule has 0 aliphatic carbocycles. The van der Waals surface area contributed by atoms with Gasteiger partial charge in [0.25, 0.3) is 5.91 Å². The largest absolute Gasteiger partial charge is 0.496 e. The van der Waals surface area contributed by atoms with E-state index in [4.69, 9.17) is 4.74 Å². The Morgan fingerprint density at radius 2 is 1.73 bits per heavy atom. The molecule has 1 aliphatic heterocycles. The van der Waals surface area contributed by atoms with Gasteiger partial charge in [0, 0.05) is 48.7 Å². The monoisotopic (exact) mass is 402 g/mol. The molecule has 1 N–H and O–H groups in total. The molecule has 1 fully saturated rings. The third kappa shape index (κ3) is 4.43. The smallest absolute Gasteiger partial charge is 0.251 e. The highest BCUT2D eigenvalue weighted by Crippen LogP contribution is 2.28. The lowest BCUT2D eigenvalue weighted by molar-refractivity contribution is 0.0950. The fraction of sp³-hybridized carbons (Fsp3) is 0.292. The summed E-state index contributed by atoms with van der Waals surface area (Å²) in [6.45, 7) is 2.43. The van der Waals surface area contributed by atoms with Gasteiger partial charge in [0.2, 0.25) is 0 Å². The Morgan fingerprint density at radius 1 is 1.00 bits per heavy atom. The molecule has 0 radical (unpaired) electrons. The zero-order chi connectivity index (χ0) is 20.8. The Kier molecular flexibility index (Phi) is 6.23. The Balaban J connectivity index is 1.47. The van der Waals surface area contributed by atoms with Gasteiger partial charge in [-0.2, -0.15) is 0 Å². The normalized spacial score (nSPS) is 13.7. The third-order valence-electron chi connectivity index (χ3n) is 5.39. The van der Waals surface area contributed by atoms with E-state index in [0.29, 0.717) is 12.1 Å². The highest BCUT2D eigenvalue weighted by atomic mass is 16.5. The van der Waals surface area contributed by atoms with Crippen molar-refractivity contribution < 1.29 is 9.53 Å². The quantitative estimate of drug-likeness (QED) is 0.673. The van der Waals surface area contributed by atoms with Crippen molar-refractivity contribution in [3.05, 3.63) is 72.1 Å². The maximum Gasteiger partial charge on any atom is 0.251 e. The number of piperidine rings is 1. The fourth-order valence-corrected chi connectivity index (χ4v) is 3.78. The summed E-state index contributed by atoms with van der Waals surface area (Å²) < 4.78 is 5.34. The minimum Gasteiger partial charge on any atom is -0.496 e. The molecule has 1 aromatic heterocycles. The van der Waals surface area contributed by atoms with Crippen LogP contribution in [0.3, 0.4) is 0 Å². The maximum absolute atomic E-state index is 12.6. The van der Waals surface area contributed by atoms with Crippen LogP contribution in [-0.4, -0.2) is 36.1 Å². The molecule has 1 amide bonds. The number of methoxy groups -OCH3 is 1. The molecule has 0 spiro atoms. The summed E-state index contributed by atoms with van der Waals surface area (Å²) in [4.78, 5) is 24.1. The van der Waals surface area contributed by atoms with Crippen LogP contribution in [0.1, 0.15) is 35.2 Å². The van der Waals surface area contributed by atoms with Gasteiger partial charge in [0.1, 0.15) is 11.4 Å². The molecule has 3 aromatic rings. The van der Waals surface area contributed by atoms with Crippen molar-refractivity contribution >= 4 is 11.7 Å². The molecule has 6 nitrogen and oxygen atoms in total. The third-order valence-corrected chi connectivity index (χ3v) is 5.39. The number of nitrogens with zero attached hydrogens (tertiary/aromatic N) is 3. The summed E-state index contributed by atoms with van der Waals surface area (Å²) in [5, 5.41) is 2.96. The number of aromatic nitrogens is 2. The van der Waals surface area contributed by atoms with Gasteiger partial charge in [0.15, 0.2) is 5.82 Å². The van der Waals surface area contributed by atoms with Crippen molar-refractivity contribution in [3.8, 4) is 17.0 Å². The lowest BCUT2D eigenvalue weighted by atomic mass is 10.1. The number of nitrogens with one attached hydrogen (secondary N) is 1. The average molecular weight is 402 g/mol. The minimum absolute atomic E-state index is 0.122. The highest BCUT2D eigenvalue weighted by Gasteiger charge is 2.18. The van der Waals surface area contributed by atoms with E-state index in [1.165, 1.54) is 19.3 Å². The van der Waals surface area contributed by atoms with E-state index in [1.54, 1.807) is 19.5 Å². The number of rotatable bonds is 6. The zero-order valence-corrected chi connectivity index (χ0v) is 17.2. The van der Waals surface area contributed by atoms with E-state index in [0.717, 1.165) is 41.5 Å². The van der Waals surface area contributed by atoms with E-state index in [1.807, 2.05) is 48.5 Å². The molecule has 154 valence electrons. The molecule has 0 bridgehead atoms. The van der Waals surface area contributed by atoms with Crippen LogP contribution in [0.2, 0.25) is 0 Å².